The van der Waals surface area contributed by atoms with E-state index >= 15 is 0 Å². The van der Waals surface area contributed by atoms with Crippen LogP contribution in [0, 0.1) is 12.7 Å². The summed E-state index contributed by atoms with van der Waals surface area (Å²) >= 11 is 0. The molecule has 8 nitrogen and oxygen atoms in total. The molecular weight excluding hydrogens is 353 g/mol. The summed E-state index contributed by atoms with van der Waals surface area (Å²) in [5.41, 5.74) is 1.13. The number of nitrogens with zero attached hydrogens (tertiary/aromatic N) is 3. The monoisotopic (exact) mass is 371 g/mol. The summed E-state index contributed by atoms with van der Waals surface area (Å²) in [5.74, 6) is -0.715. The molecule has 0 aliphatic rings. The van der Waals surface area contributed by atoms with Crippen molar-refractivity contribution in [1.82, 2.24) is 24.6 Å². The van der Waals surface area contributed by atoms with Crippen molar-refractivity contribution in [3.63, 3.8) is 0 Å². The summed E-state index contributed by atoms with van der Waals surface area (Å²) < 4.78 is 15.9. The lowest BCUT2D eigenvalue weighted by Crippen LogP contribution is -2.36. The Bertz CT molecular complexity index is 1080. The minimum absolute atomic E-state index is 0.217. The van der Waals surface area contributed by atoms with Gasteiger partial charge in [0.25, 0.3) is 5.56 Å². The second kappa shape index (κ2) is 7.40. The molecule has 0 aliphatic carbocycles. The summed E-state index contributed by atoms with van der Waals surface area (Å²) in [7, 11) is 0. The maximum atomic E-state index is 13.1. The highest BCUT2D eigenvalue weighted by Crippen LogP contribution is 2.20. The maximum absolute atomic E-state index is 13.1. The van der Waals surface area contributed by atoms with Gasteiger partial charge >= 0.3 is 5.69 Å². The van der Waals surface area contributed by atoms with Crippen molar-refractivity contribution < 1.29 is 9.18 Å². The number of H-pyrrole nitrogens is 1. The molecule has 3 aromatic rings. The Labute approximate surface area is 153 Å². The molecule has 0 saturated heterocycles. The van der Waals surface area contributed by atoms with Crippen LogP contribution in [-0.4, -0.2) is 25.2 Å². The van der Waals surface area contributed by atoms with E-state index < -0.39 is 11.2 Å². The summed E-state index contributed by atoms with van der Waals surface area (Å²) in [6.07, 6.45) is 2.90. The molecule has 1 aromatic carbocycles. The van der Waals surface area contributed by atoms with Crippen LogP contribution >= 0.6 is 0 Å². The number of halogens is 1. The number of amides is 1. The first-order chi connectivity index (χ1) is 12.8. The lowest BCUT2D eigenvalue weighted by molar-refractivity contribution is -0.122. The Morgan fingerprint density at radius 2 is 1.96 bits per heavy atom. The molecule has 0 spiro atoms. The molecule has 3 rings (SSSR count). The number of aromatic nitrogens is 4. The molecule has 9 heteroatoms. The van der Waals surface area contributed by atoms with E-state index in [9.17, 15) is 18.8 Å². The fourth-order valence-electron chi connectivity index (χ4n) is 2.78. The Kier molecular flexibility index (Phi) is 5.02. The molecule has 1 amide bonds. The van der Waals surface area contributed by atoms with E-state index in [0.29, 0.717) is 5.69 Å². The molecule has 2 N–H and O–H groups in total. The summed E-state index contributed by atoms with van der Waals surface area (Å²) in [6.45, 7) is 3.43. The van der Waals surface area contributed by atoms with Crippen LogP contribution in [0.2, 0.25) is 0 Å². The number of carbonyl (C=O) groups excluding carboxylic acids is 1. The van der Waals surface area contributed by atoms with Gasteiger partial charge in [-0.1, -0.05) is 0 Å². The second-order valence-electron chi connectivity index (χ2n) is 6.10. The normalized spacial score (nSPS) is 12.0. The van der Waals surface area contributed by atoms with Gasteiger partial charge in [0.15, 0.2) is 0 Å². The fraction of sp³-hybridized carbons (Fsp3) is 0.222. The fourth-order valence-corrected chi connectivity index (χ4v) is 2.78. The molecular formula is C18H18FN5O3. The van der Waals surface area contributed by atoms with Crippen molar-refractivity contribution in [1.29, 1.82) is 0 Å². The SMILES string of the molecule is Cc1c(C(C)NC(=O)Cn2ccc(=O)[nH]c2=O)cnn1-c1ccc(F)cc1. The number of carbonyl (C=O) groups is 1. The van der Waals surface area contributed by atoms with E-state index in [-0.39, 0.29) is 24.3 Å². The van der Waals surface area contributed by atoms with Crippen LogP contribution < -0.4 is 16.6 Å². The molecule has 0 aliphatic heterocycles. The molecule has 0 radical (unpaired) electrons. The van der Waals surface area contributed by atoms with Crippen LogP contribution in [-0.2, 0) is 11.3 Å². The number of rotatable bonds is 5. The van der Waals surface area contributed by atoms with Crippen LogP contribution in [0.5, 0.6) is 0 Å². The smallest absolute Gasteiger partial charge is 0.328 e. The number of aromatic amines is 1. The van der Waals surface area contributed by atoms with Gasteiger partial charge in [0, 0.05) is 23.5 Å². The maximum Gasteiger partial charge on any atom is 0.328 e. The zero-order valence-electron chi connectivity index (χ0n) is 14.8. The average molecular weight is 371 g/mol. The second-order valence-corrected chi connectivity index (χ2v) is 6.10. The highest BCUT2D eigenvalue weighted by Gasteiger charge is 2.17. The first-order valence-corrected chi connectivity index (χ1v) is 8.25. The van der Waals surface area contributed by atoms with Crippen molar-refractivity contribution in [2.45, 2.75) is 26.4 Å². The lowest BCUT2D eigenvalue weighted by atomic mass is 10.1. The Hall–Kier alpha value is -3.49. The van der Waals surface area contributed by atoms with E-state index in [1.165, 1.54) is 24.4 Å². The number of benzene rings is 1. The van der Waals surface area contributed by atoms with Crippen molar-refractivity contribution in [2.24, 2.45) is 0 Å². The first kappa shape index (κ1) is 18.3. The van der Waals surface area contributed by atoms with Crippen molar-refractivity contribution in [3.8, 4) is 5.69 Å². The van der Waals surface area contributed by atoms with Crippen LogP contribution in [0.15, 0.2) is 52.3 Å². The van der Waals surface area contributed by atoms with Gasteiger partial charge in [-0.3, -0.25) is 19.1 Å². The standard InChI is InChI=1S/C18H18FN5O3/c1-11(21-17(26)10-23-8-7-16(25)22-18(23)27)15-9-20-24(12(15)2)14-5-3-13(19)4-6-14/h3-9,11H,10H2,1-2H3,(H,21,26)(H,22,25,27). The van der Waals surface area contributed by atoms with E-state index in [1.54, 1.807) is 29.9 Å². The minimum atomic E-state index is -0.648. The van der Waals surface area contributed by atoms with Gasteiger partial charge in [-0.25, -0.2) is 13.9 Å². The molecule has 1 unspecified atom stereocenters. The summed E-state index contributed by atoms with van der Waals surface area (Å²) in [6, 6.07) is 6.75. The third kappa shape index (κ3) is 4.02. The van der Waals surface area contributed by atoms with E-state index in [4.69, 9.17) is 0 Å². The van der Waals surface area contributed by atoms with Gasteiger partial charge in [0.05, 0.1) is 17.9 Å². The van der Waals surface area contributed by atoms with E-state index in [0.717, 1.165) is 15.8 Å². The van der Waals surface area contributed by atoms with Gasteiger partial charge in [0.2, 0.25) is 5.91 Å². The van der Waals surface area contributed by atoms with E-state index in [1.807, 2.05) is 6.92 Å². The van der Waals surface area contributed by atoms with Gasteiger partial charge in [-0.2, -0.15) is 5.10 Å². The molecule has 27 heavy (non-hydrogen) atoms. The van der Waals surface area contributed by atoms with Gasteiger partial charge < -0.3 is 5.32 Å². The number of nitrogens with one attached hydrogen (secondary N) is 2. The average Bonchev–Trinajstić information content (AvgIpc) is 3.00. The number of hydrogen-bond donors (Lipinski definition) is 2. The molecule has 0 saturated carbocycles. The number of hydrogen-bond acceptors (Lipinski definition) is 4. The van der Waals surface area contributed by atoms with Crippen LogP contribution in [0.3, 0.4) is 0 Å². The zero-order valence-corrected chi connectivity index (χ0v) is 14.8. The Balaban J connectivity index is 1.73. The molecule has 2 heterocycles. The van der Waals surface area contributed by atoms with Gasteiger partial charge in [0.1, 0.15) is 12.4 Å². The van der Waals surface area contributed by atoms with Crippen molar-refractivity contribution >= 4 is 5.91 Å². The first-order valence-electron chi connectivity index (χ1n) is 8.25. The third-order valence-corrected chi connectivity index (χ3v) is 4.17. The van der Waals surface area contributed by atoms with Crippen LogP contribution in [0.1, 0.15) is 24.2 Å². The van der Waals surface area contributed by atoms with Gasteiger partial charge in [-0.05, 0) is 38.1 Å². The molecule has 140 valence electrons. The highest BCUT2D eigenvalue weighted by molar-refractivity contribution is 5.76. The largest absolute Gasteiger partial charge is 0.348 e. The molecule has 0 bridgehead atoms. The molecule has 0 fully saturated rings. The Morgan fingerprint density at radius 3 is 2.63 bits per heavy atom. The summed E-state index contributed by atoms with van der Waals surface area (Å²) in [5, 5.41) is 7.10. The predicted octanol–water partition coefficient (Wildman–Crippen LogP) is 1.05. The quantitative estimate of drug-likeness (QED) is 0.700. The zero-order chi connectivity index (χ0) is 19.6. The van der Waals surface area contributed by atoms with Crippen molar-refractivity contribution in [2.75, 3.05) is 0 Å². The Morgan fingerprint density at radius 1 is 1.26 bits per heavy atom. The van der Waals surface area contributed by atoms with E-state index in [2.05, 4.69) is 15.4 Å². The highest BCUT2D eigenvalue weighted by atomic mass is 19.1. The molecule has 1 atom stereocenters. The minimum Gasteiger partial charge on any atom is -0.348 e. The topological polar surface area (TPSA) is 102 Å². The predicted molar refractivity (Wildman–Crippen MR) is 96.1 cm³/mol. The third-order valence-electron chi connectivity index (χ3n) is 4.17. The van der Waals surface area contributed by atoms with Crippen molar-refractivity contribution in [3.05, 3.63) is 80.6 Å². The van der Waals surface area contributed by atoms with Gasteiger partial charge in [-0.15, -0.1) is 0 Å². The van der Waals surface area contributed by atoms with Crippen LogP contribution in [0.25, 0.3) is 5.69 Å². The summed E-state index contributed by atoms with van der Waals surface area (Å²) in [4.78, 5) is 37.0. The molecule has 2 aromatic heterocycles. The lowest BCUT2D eigenvalue weighted by Gasteiger charge is -2.14. The van der Waals surface area contributed by atoms with Crippen LogP contribution in [0.4, 0.5) is 4.39 Å².